The highest BCUT2D eigenvalue weighted by molar-refractivity contribution is 5.88. The van der Waals surface area contributed by atoms with Crippen LogP contribution in [0.15, 0.2) is 36.5 Å². The molecule has 6 heteroatoms. The zero-order valence-corrected chi connectivity index (χ0v) is 16.1. The van der Waals surface area contributed by atoms with Gasteiger partial charge in [0.25, 0.3) is 0 Å². The van der Waals surface area contributed by atoms with Crippen molar-refractivity contribution in [2.45, 2.75) is 38.8 Å². The Morgan fingerprint density at radius 1 is 1.30 bits per heavy atom. The van der Waals surface area contributed by atoms with Crippen LogP contribution in [0.3, 0.4) is 0 Å². The summed E-state index contributed by atoms with van der Waals surface area (Å²) in [5.74, 6) is 0.865. The molecule has 3 heterocycles. The van der Waals surface area contributed by atoms with E-state index in [1.165, 1.54) is 5.56 Å². The molecule has 1 aliphatic heterocycles. The van der Waals surface area contributed by atoms with Gasteiger partial charge in [-0.1, -0.05) is 12.1 Å². The number of anilines is 1. The molecule has 1 N–H and O–H groups in total. The van der Waals surface area contributed by atoms with E-state index >= 15 is 0 Å². The lowest BCUT2D eigenvalue weighted by Gasteiger charge is -2.17. The predicted molar refractivity (Wildman–Crippen MR) is 107 cm³/mol. The summed E-state index contributed by atoms with van der Waals surface area (Å²) < 4.78 is 12.8. The van der Waals surface area contributed by atoms with Gasteiger partial charge in [-0.15, -0.1) is 0 Å². The number of nitrogens with zero attached hydrogens (tertiary/aromatic N) is 3. The van der Waals surface area contributed by atoms with Crippen LogP contribution in [0.4, 0.5) is 5.69 Å². The average molecular weight is 366 g/mol. The third-order valence-corrected chi connectivity index (χ3v) is 4.93. The summed E-state index contributed by atoms with van der Waals surface area (Å²) in [6, 6.07) is 10.9. The second-order valence-corrected chi connectivity index (χ2v) is 7.31. The van der Waals surface area contributed by atoms with Crippen molar-refractivity contribution in [3.63, 3.8) is 0 Å². The van der Waals surface area contributed by atoms with Gasteiger partial charge in [0.05, 0.1) is 31.6 Å². The molecule has 1 aliphatic rings. The van der Waals surface area contributed by atoms with Crippen LogP contribution in [0, 0.1) is 0 Å². The molecule has 0 amide bonds. The normalized spacial score (nSPS) is 17.0. The van der Waals surface area contributed by atoms with Crippen molar-refractivity contribution < 1.29 is 9.47 Å². The van der Waals surface area contributed by atoms with E-state index in [1.54, 1.807) is 7.11 Å². The fraction of sp³-hybridized carbons (Fsp3) is 0.429. The molecule has 0 saturated carbocycles. The van der Waals surface area contributed by atoms with Gasteiger partial charge in [0.1, 0.15) is 16.8 Å². The first-order valence-corrected chi connectivity index (χ1v) is 9.48. The molecule has 1 saturated heterocycles. The van der Waals surface area contributed by atoms with Crippen molar-refractivity contribution in [2.75, 3.05) is 25.6 Å². The molecule has 0 spiro atoms. The van der Waals surface area contributed by atoms with Crippen molar-refractivity contribution in [1.82, 2.24) is 14.8 Å². The Bertz CT molecular complexity index is 912. The standard InChI is InChI=1S/C21H26N4O2/c1-14(2)25-21-19(23-16-8-9-27-13-16)11-17(24-20(21)12-22-25)10-15-4-6-18(26-3)7-5-15/h4-7,11-12,14,16H,8-10,13H2,1-3H3,(H,23,24)/t16-/m1/s1. The Hall–Kier alpha value is -2.60. The molecule has 1 aromatic carbocycles. The molecule has 0 bridgehead atoms. The first-order valence-electron chi connectivity index (χ1n) is 9.48. The van der Waals surface area contributed by atoms with E-state index in [0.29, 0.717) is 6.04 Å². The van der Waals surface area contributed by atoms with E-state index in [2.05, 4.69) is 42.5 Å². The van der Waals surface area contributed by atoms with Crippen LogP contribution >= 0.6 is 0 Å². The molecule has 0 unspecified atom stereocenters. The van der Waals surface area contributed by atoms with Gasteiger partial charge in [0.2, 0.25) is 0 Å². The van der Waals surface area contributed by atoms with Crippen molar-refractivity contribution in [3.8, 4) is 5.75 Å². The van der Waals surface area contributed by atoms with Crippen LogP contribution in [0.5, 0.6) is 5.75 Å². The molecular weight excluding hydrogens is 340 g/mol. The Labute approximate surface area is 159 Å². The summed E-state index contributed by atoms with van der Waals surface area (Å²) in [4.78, 5) is 4.87. The van der Waals surface area contributed by atoms with Gasteiger partial charge in [0, 0.05) is 24.8 Å². The molecule has 142 valence electrons. The molecule has 2 aromatic heterocycles. The maximum Gasteiger partial charge on any atom is 0.118 e. The van der Waals surface area contributed by atoms with Crippen molar-refractivity contribution in [1.29, 1.82) is 0 Å². The molecule has 1 atom stereocenters. The smallest absolute Gasteiger partial charge is 0.118 e. The van der Waals surface area contributed by atoms with Gasteiger partial charge in [-0.2, -0.15) is 5.10 Å². The molecule has 3 aromatic rings. The quantitative estimate of drug-likeness (QED) is 0.719. The minimum atomic E-state index is 0.275. The van der Waals surface area contributed by atoms with Gasteiger partial charge < -0.3 is 14.8 Å². The monoisotopic (exact) mass is 366 g/mol. The highest BCUT2D eigenvalue weighted by Crippen LogP contribution is 2.28. The summed E-state index contributed by atoms with van der Waals surface area (Å²) in [6.07, 6.45) is 3.65. The fourth-order valence-corrected chi connectivity index (χ4v) is 3.53. The maximum atomic E-state index is 5.54. The number of hydrogen-bond acceptors (Lipinski definition) is 5. The average Bonchev–Trinajstić information content (AvgIpc) is 3.32. The Morgan fingerprint density at radius 3 is 2.78 bits per heavy atom. The number of aromatic nitrogens is 3. The number of benzene rings is 1. The van der Waals surface area contributed by atoms with Crippen molar-refractivity contribution in [3.05, 3.63) is 47.8 Å². The third-order valence-electron chi connectivity index (χ3n) is 4.93. The number of ether oxygens (including phenoxy) is 2. The zero-order valence-electron chi connectivity index (χ0n) is 16.1. The van der Waals surface area contributed by atoms with E-state index < -0.39 is 0 Å². The summed E-state index contributed by atoms with van der Waals surface area (Å²) >= 11 is 0. The second kappa shape index (κ2) is 7.56. The number of pyridine rings is 1. The zero-order chi connectivity index (χ0) is 18.8. The van der Waals surface area contributed by atoms with E-state index in [1.807, 2.05) is 23.0 Å². The van der Waals surface area contributed by atoms with Gasteiger partial charge in [-0.25, -0.2) is 4.98 Å². The van der Waals surface area contributed by atoms with Crippen LogP contribution in [-0.4, -0.2) is 41.1 Å². The van der Waals surface area contributed by atoms with E-state index in [9.17, 15) is 0 Å². The van der Waals surface area contributed by atoms with Gasteiger partial charge in [0.15, 0.2) is 0 Å². The molecule has 27 heavy (non-hydrogen) atoms. The molecule has 0 radical (unpaired) electrons. The van der Waals surface area contributed by atoms with E-state index in [4.69, 9.17) is 14.5 Å². The van der Waals surface area contributed by atoms with Crippen LogP contribution in [-0.2, 0) is 11.2 Å². The highest BCUT2D eigenvalue weighted by atomic mass is 16.5. The van der Waals surface area contributed by atoms with Gasteiger partial charge >= 0.3 is 0 Å². The van der Waals surface area contributed by atoms with Crippen LogP contribution in [0.2, 0.25) is 0 Å². The molecule has 6 nitrogen and oxygen atoms in total. The number of fused-ring (bicyclic) bond motifs is 1. The second-order valence-electron chi connectivity index (χ2n) is 7.31. The summed E-state index contributed by atoms with van der Waals surface area (Å²) in [6.45, 7) is 5.84. The maximum absolute atomic E-state index is 5.54. The summed E-state index contributed by atoms with van der Waals surface area (Å²) in [7, 11) is 1.68. The SMILES string of the molecule is COc1ccc(Cc2cc(N[C@@H]3CCOC3)c3c(cnn3C(C)C)n2)cc1. The molecule has 0 aliphatic carbocycles. The van der Waals surface area contributed by atoms with Gasteiger partial charge in [-0.05, 0) is 44.0 Å². The fourth-order valence-electron chi connectivity index (χ4n) is 3.53. The predicted octanol–water partition coefficient (Wildman–Crippen LogP) is 3.81. The molecule has 4 rings (SSSR count). The van der Waals surface area contributed by atoms with Crippen LogP contribution in [0.25, 0.3) is 11.0 Å². The molecular formula is C21H26N4O2. The topological polar surface area (TPSA) is 61.2 Å². The highest BCUT2D eigenvalue weighted by Gasteiger charge is 2.20. The Balaban J connectivity index is 1.70. The van der Waals surface area contributed by atoms with Crippen LogP contribution in [0.1, 0.15) is 37.6 Å². The Kier molecular flexibility index (Phi) is 4.99. The lowest BCUT2D eigenvalue weighted by molar-refractivity contribution is 0.195. The minimum Gasteiger partial charge on any atom is -0.497 e. The largest absolute Gasteiger partial charge is 0.497 e. The lowest BCUT2D eigenvalue weighted by Crippen LogP contribution is -2.20. The number of hydrogen-bond donors (Lipinski definition) is 1. The first-order chi connectivity index (χ1) is 13.1. The lowest BCUT2D eigenvalue weighted by atomic mass is 10.1. The minimum absolute atomic E-state index is 0.275. The first kappa shape index (κ1) is 17.8. The summed E-state index contributed by atoms with van der Waals surface area (Å²) in [5, 5.41) is 8.23. The van der Waals surface area contributed by atoms with E-state index in [0.717, 1.165) is 54.2 Å². The third kappa shape index (κ3) is 3.76. The summed E-state index contributed by atoms with van der Waals surface area (Å²) in [5.41, 5.74) is 5.31. The van der Waals surface area contributed by atoms with E-state index in [-0.39, 0.29) is 6.04 Å². The van der Waals surface area contributed by atoms with Gasteiger partial charge in [-0.3, -0.25) is 4.68 Å². The number of methoxy groups -OCH3 is 1. The number of nitrogens with one attached hydrogen (secondary N) is 1. The Morgan fingerprint density at radius 2 is 2.11 bits per heavy atom. The van der Waals surface area contributed by atoms with Crippen molar-refractivity contribution >= 4 is 16.7 Å². The number of rotatable bonds is 6. The van der Waals surface area contributed by atoms with Crippen molar-refractivity contribution in [2.24, 2.45) is 0 Å². The molecule has 1 fully saturated rings. The van der Waals surface area contributed by atoms with Crippen LogP contribution < -0.4 is 10.1 Å².